The molecule has 0 bridgehead atoms. The van der Waals surface area contributed by atoms with Crippen molar-refractivity contribution in [2.75, 3.05) is 38.7 Å². The number of aliphatic hydroxyl groups excluding tert-OH is 1. The summed E-state index contributed by atoms with van der Waals surface area (Å²) >= 11 is 1.16. The van der Waals surface area contributed by atoms with E-state index in [0.29, 0.717) is 30.0 Å². The van der Waals surface area contributed by atoms with Crippen LogP contribution in [0.3, 0.4) is 0 Å². The number of anilines is 1. The molecule has 10 nitrogen and oxygen atoms in total. The second-order valence-electron chi connectivity index (χ2n) is 11.5. The Bertz CT molecular complexity index is 1520. The summed E-state index contributed by atoms with van der Waals surface area (Å²) in [4.78, 5) is 28.7. The third-order valence-electron chi connectivity index (χ3n) is 7.94. The van der Waals surface area contributed by atoms with Crippen molar-refractivity contribution in [1.82, 2.24) is 9.21 Å². The van der Waals surface area contributed by atoms with Gasteiger partial charge in [-0.2, -0.15) is 4.31 Å². The highest BCUT2D eigenvalue weighted by atomic mass is 32.2. The van der Waals surface area contributed by atoms with Gasteiger partial charge in [-0.15, -0.1) is 11.3 Å². The van der Waals surface area contributed by atoms with Crippen LogP contribution in [0.1, 0.15) is 60.7 Å². The fourth-order valence-electron chi connectivity index (χ4n) is 5.17. The number of nitrogens with zero attached hydrogens (tertiary/aromatic N) is 2. The minimum atomic E-state index is -3.71. The van der Waals surface area contributed by atoms with E-state index in [2.05, 4.69) is 5.32 Å². The number of hydrogen-bond acceptors (Lipinski definition) is 8. The van der Waals surface area contributed by atoms with Crippen molar-refractivity contribution in [3.63, 3.8) is 0 Å². The van der Waals surface area contributed by atoms with Gasteiger partial charge in [0.05, 0.1) is 30.4 Å². The Hall–Kier alpha value is -3.29. The van der Waals surface area contributed by atoms with Crippen molar-refractivity contribution in [2.45, 2.75) is 62.5 Å². The first-order chi connectivity index (χ1) is 21.5. The van der Waals surface area contributed by atoms with Crippen LogP contribution in [0.15, 0.2) is 70.3 Å². The second kappa shape index (κ2) is 15.8. The van der Waals surface area contributed by atoms with Crippen LogP contribution < -0.4 is 10.1 Å². The molecule has 2 heterocycles. The zero-order valence-corrected chi connectivity index (χ0v) is 27.9. The molecule has 0 fully saturated rings. The summed E-state index contributed by atoms with van der Waals surface area (Å²) in [5, 5.41) is 14.8. The Morgan fingerprint density at radius 2 is 1.89 bits per heavy atom. The zero-order chi connectivity index (χ0) is 32.6. The van der Waals surface area contributed by atoms with Crippen LogP contribution in [-0.2, 0) is 14.8 Å². The number of rotatable bonds is 8. The van der Waals surface area contributed by atoms with E-state index in [0.717, 1.165) is 24.2 Å². The summed E-state index contributed by atoms with van der Waals surface area (Å²) in [7, 11) is -2.17. The number of fused-ring (bicyclic) bond motifs is 1. The van der Waals surface area contributed by atoms with Crippen molar-refractivity contribution in [2.24, 2.45) is 5.92 Å². The molecule has 0 spiro atoms. The summed E-state index contributed by atoms with van der Waals surface area (Å²) in [6, 6.07) is 16.5. The van der Waals surface area contributed by atoms with Crippen LogP contribution in [0.25, 0.3) is 0 Å². The minimum absolute atomic E-state index is 0.0999. The first-order valence-corrected chi connectivity index (χ1v) is 17.5. The topological polar surface area (TPSA) is 125 Å². The average molecular weight is 658 g/mol. The lowest BCUT2D eigenvalue weighted by Gasteiger charge is -2.35. The molecule has 0 aliphatic carbocycles. The molecule has 3 aromatic rings. The van der Waals surface area contributed by atoms with E-state index in [9.17, 15) is 23.1 Å². The van der Waals surface area contributed by atoms with Gasteiger partial charge in [0.25, 0.3) is 21.8 Å². The molecule has 4 atom stereocenters. The molecule has 244 valence electrons. The fraction of sp³-hybridized carbons (Fsp3) is 0.455. The van der Waals surface area contributed by atoms with Gasteiger partial charge in [-0.3, -0.25) is 9.59 Å². The van der Waals surface area contributed by atoms with Crippen LogP contribution in [0.2, 0.25) is 0 Å². The average Bonchev–Trinajstić information content (AvgIpc) is 3.59. The molecule has 2 N–H and O–H groups in total. The van der Waals surface area contributed by atoms with Crippen molar-refractivity contribution in [1.29, 1.82) is 0 Å². The Kier molecular flexibility index (Phi) is 12.2. The summed E-state index contributed by atoms with van der Waals surface area (Å²) in [6.45, 7) is 6.04. The maximum absolute atomic E-state index is 14.3. The Balaban J connectivity index is 1.65. The maximum atomic E-state index is 14.3. The van der Waals surface area contributed by atoms with Crippen LogP contribution >= 0.6 is 11.3 Å². The molecule has 1 aromatic heterocycles. The Morgan fingerprint density at radius 3 is 2.58 bits per heavy atom. The van der Waals surface area contributed by atoms with E-state index in [4.69, 9.17) is 9.47 Å². The van der Waals surface area contributed by atoms with Crippen molar-refractivity contribution in [3.05, 3.63) is 77.2 Å². The Morgan fingerprint density at radius 1 is 1.13 bits per heavy atom. The number of thiophene rings is 1. The van der Waals surface area contributed by atoms with Gasteiger partial charge in [-0.25, -0.2) is 8.42 Å². The predicted octanol–water partition coefficient (Wildman–Crippen LogP) is 5.12. The van der Waals surface area contributed by atoms with Crippen LogP contribution in [0, 0.1) is 5.92 Å². The number of nitrogens with one attached hydrogen (secondary N) is 1. The molecule has 12 heteroatoms. The molecular formula is C33H43N3O7S2. The lowest BCUT2D eigenvalue weighted by molar-refractivity contribution is -0.00832. The van der Waals surface area contributed by atoms with Crippen molar-refractivity contribution >= 4 is 38.9 Å². The number of aliphatic hydroxyl groups is 1. The van der Waals surface area contributed by atoms with E-state index >= 15 is 0 Å². The van der Waals surface area contributed by atoms with Gasteiger partial charge in [-0.1, -0.05) is 31.2 Å². The monoisotopic (exact) mass is 657 g/mol. The van der Waals surface area contributed by atoms with Crippen molar-refractivity contribution in [3.8, 4) is 5.75 Å². The standard InChI is InChI=1S/C33H43N3O7S2/c1-23-20-36(24(2)22-37)33(39)28-19-27(34-32(38)26-12-6-5-7-13-26)15-16-29(28)43-25(3)11-8-9-17-42-30(23)21-35(4)45(40,41)31-14-10-18-44-31/h5-7,10,12-16,18-19,23-25,30,37H,8-9,11,17,20-22H2,1-4H3,(H,34,38)/t23-,24-,25-,30+/m0/s1. The van der Waals surface area contributed by atoms with Gasteiger partial charge >= 0.3 is 0 Å². The lowest BCUT2D eigenvalue weighted by atomic mass is 10.0. The largest absolute Gasteiger partial charge is 0.490 e. The molecule has 45 heavy (non-hydrogen) atoms. The first kappa shape index (κ1) is 34.6. The number of carbonyl (C=O) groups is 2. The van der Waals surface area contributed by atoms with E-state index in [1.807, 2.05) is 19.9 Å². The number of carbonyl (C=O) groups excluding carboxylic acids is 2. The van der Waals surface area contributed by atoms with E-state index < -0.39 is 22.2 Å². The van der Waals surface area contributed by atoms with Crippen molar-refractivity contribution < 1.29 is 32.6 Å². The van der Waals surface area contributed by atoms with Gasteiger partial charge in [-0.05, 0) is 74.9 Å². The molecule has 0 saturated carbocycles. The van der Waals surface area contributed by atoms with Crippen LogP contribution in [0.4, 0.5) is 5.69 Å². The minimum Gasteiger partial charge on any atom is -0.490 e. The number of amides is 2. The number of likely N-dealkylation sites (N-methyl/N-ethyl adjacent to an activating group) is 1. The SMILES string of the molecule is C[C@H]1CCCCO[C@H](CN(C)S(=O)(=O)c2cccs2)[C@@H](C)CN([C@@H](C)CO)C(=O)c2cc(NC(=O)c3ccccc3)ccc2O1. The van der Waals surface area contributed by atoms with Crippen LogP contribution in [0.5, 0.6) is 5.75 Å². The van der Waals surface area contributed by atoms with Gasteiger partial charge in [0.1, 0.15) is 9.96 Å². The van der Waals surface area contributed by atoms with E-state index in [1.165, 1.54) is 11.4 Å². The molecule has 0 saturated heterocycles. The highest BCUT2D eigenvalue weighted by Gasteiger charge is 2.32. The molecule has 2 aromatic carbocycles. The van der Waals surface area contributed by atoms with Gasteiger partial charge in [0.15, 0.2) is 0 Å². The normalized spacial score (nSPS) is 21.0. The zero-order valence-electron chi connectivity index (χ0n) is 26.2. The summed E-state index contributed by atoms with van der Waals surface area (Å²) in [5.41, 5.74) is 1.17. The predicted molar refractivity (Wildman–Crippen MR) is 175 cm³/mol. The number of benzene rings is 2. The molecular weight excluding hydrogens is 615 g/mol. The molecule has 0 unspecified atom stereocenters. The quantitative estimate of drug-likeness (QED) is 0.345. The summed E-state index contributed by atoms with van der Waals surface area (Å²) in [5.74, 6) is -0.596. The highest BCUT2D eigenvalue weighted by molar-refractivity contribution is 7.91. The number of hydrogen-bond donors (Lipinski definition) is 2. The Labute approximate surface area is 270 Å². The van der Waals surface area contributed by atoms with E-state index in [1.54, 1.807) is 71.8 Å². The first-order valence-electron chi connectivity index (χ1n) is 15.2. The smallest absolute Gasteiger partial charge is 0.258 e. The third-order valence-corrected chi connectivity index (χ3v) is 11.1. The molecule has 4 rings (SSSR count). The molecule has 2 amide bonds. The molecule has 0 radical (unpaired) electrons. The van der Waals surface area contributed by atoms with Gasteiger partial charge in [0.2, 0.25) is 0 Å². The third kappa shape index (κ3) is 8.92. The second-order valence-corrected chi connectivity index (χ2v) is 14.8. The van der Waals surface area contributed by atoms with Gasteiger partial charge in [0, 0.05) is 43.9 Å². The lowest BCUT2D eigenvalue weighted by Crippen LogP contribution is -2.48. The molecule has 1 aliphatic heterocycles. The highest BCUT2D eigenvalue weighted by Crippen LogP contribution is 2.29. The van der Waals surface area contributed by atoms with Crippen LogP contribution in [-0.4, -0.2) is 86.1 Å². The maximum Gasteiger partial charge on any atom is 0.258 e. The summed E-state index contributed by atoms with van der Waals surface area (Å²) < 4.78 is 40.5. The molecule has 1 aliphatic rings. The van der Waals surface area contributed by atoms with Gasteiger partial charge < -0.3 is 24.8 Å². The van der Waals surface area contributed by atoms with E-state index in [-0.39, 0.29) is 53.3 Å². The number of sulfonamides is 1. The fourth-order valence-corrected chi connectivity index (χ4v) is 7.56. The number of ether oxygens (including phenoxy) is 2. The summed E-state index contributed by atoms with van der Waals surface area (Å²) in [6.07, 6.45) is 1.56.